The summed E-state index contributed by atoms with van der Waals surface area (Å²) < 4.78 is 29.1. The van der Waals surface area contributed by atoms with Crippen LogP contribution in [0.1, 0.15) is 91.9 Å². The Kier molecular flexibility index (Phi) is 9.67. The van der Waals surface area contributed by atoms with Crippen LogP contribution in [0.25, 0.3) is 0 Å². The minimum atomic E-state index is -0.766. The van der Waals surface area contributed by atoms with Gasteiger partial charge in [0, 0.05) is 12.8 Å². The molecule has 0 spiro atoms. The summed E-state index contributed by atoms with van der Waals surface area (Å²) in [5, 5.41) is 0. The molecule has 0 bridgehead atoms. The Hall–Kier alpha value is -0.690. The summed E-state index contributed by atoms with van der Waals surface area (Å²) in [6.45, 7) is 9.33. The SMILES string of the molecule is CCCCCCCCCC1(C)OCC(C2COC(C)(CCC(=O)OCC)O2)O1. The minimum absolute atomic E-state index is 0.126. The van der Waals surface area contributed by atoms with Gasteiger partial charge >= 0.3 is 5.97 Å². The molecule has 2 saturated heterocycles. The third-order valence-electron chi connectivity index (χ3n) is 5.64. The van der Waals surface area contributed by atoms with Gasteiger partial charge < -0.3 is 23.7 Å². The van der Waals surface area contributed by atoms with Crippen LogP contribution in [0.2, 0.25) is 0 Å². The molecule has 2 aliphatic heterocycles. The van der Waals surface area contributed by atoms with Gasteiger partial charge in [-0.3, -0.25) is 4.79 Å². The van der Waals surface area contributed by atoms with E-state index < -0.39 is 11.6 Å². The minimum Gasteiger partial charge on any atom is -0.466 e. The standard InChI is InChI=1S/C22H40O6/c1-5-7-8-9-10-11-12-14-21(3)25-16-18(27-21)19-17-26-22(4,28-19)15-13-20(23)24-6-2/h18-19H,5-17H2,1-4H3. The molecule has 0 aromatic heterocycles. The molecule has 2 rings (SSSR count). The second-order valence-corrected chi connectivity index (χ2v) is 8.38. The summed E-state index contributed by atoms with van der Waals surface area (Å²) in [7, 11) is 0. The Bertz CT molecular complexity index is 470. The van der Waals surface area contributed by atoms with Crippen LogP contribution >= 0.6 is 0 Å². The normalized spacial score (nSPS) is 32.7. The molecule has 0 aliphatic carbocycles. The van der Waals surface area contributed by atoms with Crippen LogP contribution in [0.4, 0.5) is 0 Å². The lowest BCUT2D eigenvalue weighted by Crippen LogP contribution is -2.35. The number of rotatable bonds is 13. The molecule has 2 fully saturated rings. The van der Waals surface area contributed by atoms with E-state index in [0.717, 1.165) is 12.8 Å². The summed E-state index contributed by atoms with van der Waals surface area (Å²) in [6, 6.07) is 0. The number of carbonyl (C=O) groups excluding carboxylic acids is 1. The van der Waals surface area contributed by atoms with E-state index in [4.69, 9.17) is 23.7 Å². The average Bonchev–Trinajstić information content (AvgIpc) is 3.24. The van der Waals surface area contributed by atoms with Gasteiger partial charge in [0.15, 0.2) is 11.6 Å². The lowest BCUT2D eigenvalue weighted by molar-refractivity contribution is -0.193. The maximum Gasteiger partial charge on any atom is 0.305 e. The smallest absolute Gasteiger partial charge is 0.305 e. The quantitative estimate of drug-likeness (QED) is 0.329. The summed E-state index contributed by atoms with van der Waals surface area (Å²) in [4.78, 5) is 11.6. The maximum absolute atomic E-state index is 11.6. The molecular weight excluding hydrogens is 360 g/mol. The predicted octanol–water partition coefficient (Wildman–Crippen LogP) is 4.73. The molecule has 2 aliphatic rings. The zero-order chi connectivity index (χ0) is 20.5. The zero-order valence-corrected chi connectivity index (χ0v) is 18.3. The first-order chi connectivity index (χ1) is 13.4. The van der Waals surface area contributed by atoms with E-state index >= 15 is 0 Å². The third-order valence-corrected chi connectivity index (χ3v) is 5.64. The molecule has 0 N–H and O–H groups in total. The Morgan fingerprint density at radius 2 is 1.39 bits per heavy atom. The first-order valence-corrected chi connectivity index (χ1v) is 11.2. The summed E-state index contributed by atoms with van der Waals surface area (Å²) in [5.41, 5.74) is 0. The highest BCUT2D eigenvalue weighted by Crippen LogP contribution is 2.36. The monoisotopic (exact) mass is 400 g/mol. The first-order valence-electron chi connectivity index (χ1n) is 11.2. The second-order valence-electron chi connectivity index (χ2n) is 8.38. The number of carbonyl (C=O) groups is 1. The third kappa shape index (κ3) is 7.62. The van der Waals surface area contributed by atoms with Gasteiger partial charge in [-0.2, -0.15) is 0 Å². The molecule has 0 saturated carbocycles. The Labute approximate surface area is 170 Å². The van der Waals surface area contributed by atoms with Gasteiger partial charge in [-0.1, -0.05) is 45.4 Å². The van der Waals surface area contributed by atoms with Crippen LogP contribution in [0.15, 0.2) is 0 Å². The van der Waals surface area contributed by atoms with E-state index in [0.29, 0.717) is 26.2 Å². The summed E-state index contributed by atoms with van der Waals surface area (Å²) >= 11 is 0. The van der Waals surface area contributed by atoms with Gasteiger partial charge in [-0.25, -0.2) is 0 Å². The van der Waals surface area contributed by atoms with E-state index in [1.54, 1.807) is 6.92 Å². The maximum atomic E-state index is 11.6. The van der Waals surface area contributed by atoms with E-state index in [-0.39, 0.29) is 24.6 Å². The number of hydrogen-bond donors (Lipinski definition) is 0. The van der Waals surface area contributed by atoms with Crippen LogP contribution in [0, 0.1) is 0 Å². The summed E-state index contributed by atoms with van der Waals surface area (Å²) in [6.07, 6.45) is 10.3. The van der Waals surface area contributed by atoms with Crippen LogP contribution in [-0.2, 0) is 28.5 Å². The molecule has 6 heteroatoms. The van der Waals surface area contributed by atoms with E-state index in [9.17, 15) is 4.79 Å². The summed E-state index contributed by atoms with van der Waals surface area (Å²) in [5.74, 6) is -1.51. The van der Waals surface area contributed by atoms with Gasteiger partial charge in [-0.15, -0.1) is 0 Å². The fourth-order valence-electron chi connectivity index (χ4n) is 3.89. The van der Waals surface area contributed by atoms with Crippen LogP contribution < -0.4 is 0 Å². The van der Waals surface area contributed by atoms with Gasteiger partial charge in [0.05, 0.1) is 26.2 Å². The molecular formula is C22H40O6. The van der Waals surface area contributed by atoms with Crippen LogP contribution in [0.3, 0.4) is 0 Å². The first kappa shape index (κ1) is 23.6. The van der Waals surface area contributed by atoms with Crippen molar-refractivity contribution in [2.24, 2.45) is 0 Å². The van der Waals surface area contributed by atoms with Gasteiger partial charge in [0.25, 0.3) is 0 Å². The van der Waals surface area contributed by atoms with E-state index in [1.807, 2.05) is 13.8 Å². The van der Waals surface area contributed by atoms with Crippen molar-refractivity contribution >= 4 is 5.97 Å². The van der Waals surface area contributed by atoms with Crippen molar-refractivity contribution in [3.8, 4) is 0 Å². The molecule has 4 atom stereocenters. The predicted molar refractivity (Wildman–Crippen MR) is 107 cm³/mol. The van der Waals surface area contributed by atoms with Gasteiger partial charge in [0.2, 0.25) is 0 Å². The van der Waals surface area contributed by atoms with Gasteiger partial charge in [0.1, 0.15) is 12.2 Å². The fourth-order valence-corrected chi connectivity index (χ4v) is 3.89. The van der Waals surface area contributed by atoms with E-state index in [1.165, 1.54) is 38.5 Å². The van der Waals surface area contributed by atoms with Gasteiger partial charge in [-0.05, 0) is 27.2 Å². The number of unbranched alkanes of at least 4 members (excludes halogenated alkanes) is 6. The number of ether oxygens (including phenoxy) is 5. The Balaban J connectivity index is 1.66. The van der Waals surface area contributed by atoms with E-state index in [2.05, 4.69) is 6.92 Å². The largest absolute Gasteiger partial charge is 0.466 e. The van der Waals surface area contributed by atoms with Crippen molar-refractivity contribution in [3.05, 3.63) is 0 Å². The molecule has 0 radical (unpaired) electrons. The molecule has 164 valence electrons. The molecule has 0 amide bonds. The van der Waals surface area contributed by atoms with Crippen LogP contribution in [0.5, 0.6) is 0 Å². The molecule has 4 unspecified atom stereocenters. The topological polar surface area (TPSA) is 63.2 Å². The van der Waals surface area contributed by atoms with Crippen molar-refractivity contribution in [1.82, 2.24) is 0 Å². The molecule has 28 heavy (non-hydrogen) atoms. The second kappa shape index (κ2) is 11.5. The van der Waals surface area contributed by atoms with Crippen molar-refractivity contribution in [1.29, 1.82) is 0 Å². The van der Waals surface area contributed by atoms with Crippen molar-refractivity contribution < 1.29 is 28.5 Å². The molecule has 6 nitrogen and oxygen atoms in total. The molecule has 0 aromatic carbocycles. The fraction of sp³-hybridized carbons (Fsp3) is 0.955. The van der Waals surface area contributed by atoms with Crippen molar-refractivity contribution in [2.75, 3.05) is 19.8 Å². The lowest BCUT2D eigenvalue weighted by Gasteiger charge is -2.26. The zero-order valence-electron chi connectivity index (χ0n) is 18.3. The van der Waals surface area contributed by atoms with Crippen LogP contribution in [-0.4, -0.2) is 49.6 Å². The number of esters is 1. The lowest BCUT2D eigenvalue weighted by atomic mass is 10.1. The van der Waals surface area contributed by atoms with Crippen molar-refractivity contribution in [2.45, 2.75) is 116 Å². The highest BCUT2D eigenvalue weighted by Gasteiger charge is 2.47. The number of hydrogen-bond acceptors (Lipinski definition) is 6. The molecule has 2 heterocycles. The average molecular weight is 401 g/mol. The Morgan fingerprint density at radius 1 is 0.857 bits per heavy atom. The molecule has 0 aromatic rings. The Morgan fingerprint density at radius 3 is 1.96 bits per heavy atom. The highest BCUT2D eigenvalue weighted by molar-refractivity contribution is 5.69. The highest BCUT2D eigenvalue weighted by atomic mass is 16.8. The van der Waals surface area contributed by atoms with Crippen molar-refractivity contribution in [3.63, 3.8) is 0 Å².